The normalized spacial score (nSPS) is 4.94. The summed E-state index contributed by atoms with van der Waals surface area (Å²) in [5, 5.41) is 0. The molecule has 1 aromatic rings. The molecule has 0 aromatic heterocycles. The zero-order chi connectivity index (χ0) is 13.8. The second kappa shape index (κ2) is 47.8. The molecule has 0 radical (unpaired) electrons. The SMILES string of the molecule is C=Cc1ccccc1.C=O.C=O.C=O.C=O.[Fe]. The summed E-state index contributed by atoms with van der Waals surface area (Å²) < 4.78 is 0. The Bertz CT molecular complexity index is 221. The second-order valence-electron chi connectivity index (χ2n) is 1.61. The van der Waals surface area contributed by atoms with Gasteiger partial charge in [-0.05, 0) is 5.56 Å². The maximum Gasteiger partial charge on any atom is 0.106 e. The standard InChI is InChI=1S/C8H8.4CH2O.Fe/c1-2-8-6-4-3-5-7-8;4*1-2;/h2-7H,1H2;4*1H2;. The number of rotatable bonds is 1. The van der Waals surface area contributed by atoms with E-state index in [0.717, 1.165) is 0 Å². The Hall–Kier alpha value is -1.84. The number of benzene rings is 1. The molecular weight excluding hydrogens is 264 g/mol. The summed E-state index contributed by atoms with van der Waals surface area (Å²) in [5.41, 5.74) is 1.17. The Morgan fingerprint density at radius 2 is 1.00 bits per heavy atom. The van der Waals surface area contributed by atoms with Crippen molar-refractivity contribution in [3.8, 4) is 0 Å². The monoisotopic (exact) mass is 280 g/mol. The molecule has 4 nitrogen and oxygen atoms in total. The number of carbonyl (C=O) groups excluding carboxylic acids is 4. The van der Waals surface area contributed by atoms with Crippen LogP contribution in [0.1, 0.15) is 5.56 Å². The summed E-state index contributed by atoms with van der Waals surface area (Å²) in [6.07, 6.45) is 1.83. The third-order valence-corrected chi connectivity index (χ3v) is 1.04. The van der Waals surface area contributed by atoms with E-state index in [9.17, 15) is 0 Å². The quantitative estimate of drug-likeness (QED) is 0.732. The van der Waals surface area contributed by atoms with Gasteiger partial charge in [-0.2, -0.15) is 0 Å². The van der Waals surface area contributed by atoms with Crippen LogP contribution in [0.4, 0.5) is 0 Å². The van der Waals surface area contributed by atoms with E-state index >= 15 is 0 Å². The van der Waals surface area contributed by atoms with Crippen molar-refractivity contribution in [3.63, 3.8) is 0 Å². The molecule has 0 aliphatic carbocycles. The van der Waals surface area contributed by atoms with E-state index in [-0.39, 0.29) is 17.1 Å². The molecular formula is C12H16FeO4. The molecule has 0 heterocycles. The van der Waals surface area contributed by atoms with Crippen LogP contribution in [-0.2, 0) is 36.2 Å². The minimum Gasteiger partial charge on any atom is -0.307 e. The van der Waals surface area contributed by atoms with Crippen molar-refractivity contribution in [2.45, 2.75) is 0 Å². The van der Waals surface area contributed by atoms with Gasteiger partial charge in [-0.15, -0.1) is 0 Å². The summed E-state index contributed by atoms with van der Waals surface area (Å²) in [4.78, 5) is 32.0. The maximum atomic E-state index is 8.00. The van der Waals surface area contributed by atoms with E-state index in [4.69, 9.17) is 19.2 Å². The predicted octanol–water partition coefficient (Wildman–Crippen LogP) is 1.59. The zero-order valence-electron chi connectivity index (χ0n) is 9.49. The van der Waals surface area contributed by atoms with E-state index in [1.165, 1.54) is 5.56 Å². The maximum absolute atomic E-state index is 8.00. The Morgan fingerprint density at radius 1 is 0.706 bits per heavy atom. The fourth-order valence-electron chi connectivity index (χ4n) is 0.589. The topological polar surface area (TPSA) is 68.3 Å². The van der Waals surface area contributed by atoms with Crippen LogP contribution in [0.25, 0.3) is 6.08 Å². The molecule has 5 heteroatoms. The zero-order valence-corrected chi connectivity index (χ0v) is 10.6. The van der Waals surface area contributed by atoms with E-state index in [1.54, 1.807) is 0 Å². The van der Waals surface area contributed by atoms with Crippen molar-refractivity contribution < 1.29 is 36.2 Å². The summed E-state index contributed by atoms with van der Waals surface area (Å²) >= 11 is 0. The first-order valence-electron chi connectivity index (χ1n) is 3.76. The minimum absolute atomic E-state index is 0. The van der Waals surface area contributed by atoms with Gasteiger partial charge in [-0.1, -0.05) is 43.0 Å². The van der Waals surface area contributed by atoms with Crippen molar-refractivity contribution in [2.75, 3.05) is 0 Å². The molecule has 17 heavy (non-hydrogen) atoms. The molecule has 0 aliphatic rings. The molecule has 0 saturated carbocycles. The van der Waals surface area contributed by atoms with Gasteiger partial charge in [0.25, 0.3) is 0 Å². The first-order valence-corrected chi connectivity index (χ1v) is 3.76. The summed E-state index contributed by atoms with van der Waals surface area (Å²) in [6.45, 7) is 11.6. The van der Waals surface area contributed by atoms with Gasteiger partial charge in [0, 0.05) is 17.1 Å². The molecule has 0 N–H and O–H groups in total. The molecule has 0 unspecified atom stereocenters. The average Bonchev–Trinajstić information content (AvgIpc) is 2.48. The summed E-state index contributed by atoms with van der Waals surface area (Å²) in [6, 6.07) is 10.0. The molecule has 0 atom stereocenters. The number of carbonyl (C=O) groups is 4. The Labute approximate surface area is 112 Å². The van der Waals surface area contributed by atoms with E-state index in [2.05, 4.69) is 6.58 Å². The smallest absolute Gasteiger partial charge is 0.106 e. The van der Waals surface area contributed by atoms with Crippen molar-refractivity contribution in [2.24, 2.45) is 0 Å². The Morgan fingerprint density at radius 3 is 1.18 bits per heavy atom. The first-order chi connectivity index (χ1) is 7.93. The van der Waals surface area contributed by atoms with Gasteiger partial charge >= 0.3 is 0 Å². The van der Waals surface area contributed by atoms with E-state index < -0.39 is 0 Å². The molecule has 0 bridgehead atoms. The van der Waals surface area contributed by atoms with Gasteiger partial charge in [0.2, 0.25) is 0 Å². The van der Waals surface area contributed by atoms with Gasteiger partial charge < -0.3 is 19.2 Å². The number of hydrogen-bond donors (Lipinski definition) is 0. The van der Waals surface area contributed by atoms with Crippen LogP contribution in [0, 0.1) is 0 Å². The first kappa shape index (κ1) is 29.4. The van der Waals surface area contributed by atoms with Crippen LogP contribution in [0.2, 0.25) is 0 Å². The van der Waals surface area contributed by atoms with Crippen LogP contribution in [-0.4, -0.2) is 27.2 Å². The molecule has 0 fully saturated rings. The predicted molar refractivity (Wildman–Crippen MR) is 65.0 cm³/mol. The fourth-order valence-corrected chi connectivity index (χ4v) is 0.589. The van der Waals surface area contributed by atoms with E-state index in [1.807, 2.05) is 63.6 Å². The minimum atomic E-state index is 0. The second-order valence-corrected chi connectivity index (χ2v) is 1.61. The van der Waals surface area contributed by atoms with Crippen molar-refractivity contribution in [3.05, 3.63) is 42.5 Å². The van der Waals surface area contributed by atoms with Crippen molar-refractivity contribution in [1.82, 2.24) is 0 Å². The molecule has 0 aliphatic heterocycles. The molecule has 0 amide bonds. The largest absolute Gasteiger partial charge is 0.307 e. The van der Waals surface area contributed by atoms with Gasteiger partial charge in [-0.25, -0.2) is 0 Å². The van der Waals surface area contributed by atoms with Gasteiger partial charge in [0.15, 0.2) is 0 Å². The van der Waals surface area contributed by atoms with Crippen LogP contribution in [0.3, 0.4) is 0 Å². The molecule has 96 valence electrons. The van der Waals surface area contributed by atoms with Gasteiger partial charge in [-0.3, -0.25) is 0 Å². The molecule has 0 saturated heterocycles. The van der Waals surface area contributed by atoms with Gasteiger partial charge in [0.1, 0.15) is 27.2 Å². The Kier molecular flexibility index (Phi) is 82.9. The average molecular weight is 280 g/mol. The fraction of sp³-hybridized carbons (Fsp3) is 0. The van der Waals surface area contributed by atoms with Crippen LogP contribution >= 0.6 is 0 Å². The molecule has 1 rings (SSSR count). The van der Waals surface area contributed by atoms with E-state index in [0.29, 0.717) is 0 Å². The van der Waals surface area contributed by atoms with Crippen molar-refractivity contribution >= 4 is 33.2 Å². The Balaban J connectivity index is -0.0000000462. The molecule has 0 spiro atoms. The van der Waals surface area contributed by atoms with Crippen LogP contribution in [0.15, 0.2) is 36.9 Å². The van der Waals surface area contributed by atoms with Gasteiger partial charge in [0.05, 0.1) is 0 Å². The summed E-state index contributed by atoms with van der Waals surface area (Å²) in [7, 11) is 0. The molecule has 1 aromatic carbocycles. The van der Waals surface area contributed by atoms with Crippen LogP contribution < -0.4 is 0 Å². The van der Waals surface area contributed by atoms with Crippen LogP contribution in [0.5, 0.6) is 0 Å². The summed E-state index contributed by atoms with van der Waals surface area (Å²) in [5.74, 6) is 0. The number of hydrogen-bond acceptors (Lipinski definition) is 4. The third kappa shape index (κ3) is 31.4. The third-order valence-electron chi connectivity index (χ3n) is 1.04. The van der Waals surface area contributed by atoms with Crippen molar-refractivity contribution in [1.29, 1.82) is 0 Å².